The number of hydrogen-bond donors (Lipinski definition) is 2. The molecule has 2 rings (SSSR count). The second-order valence-corrected chi connectivity index (χ2v) is 5.27. The first-order chi connectivity index (χ1) is 9.24. The molecule has 0 aromatic carbocycles. The molecule has 1 aromatic heterocycles. The fourth-order valence-electron chi connectivity index (χ4n) is 3.02. The van der Waals surface area contributed by atoms with Crippen molar-refractivity contribution < 1.29 is 4.74 Å². The second-order valence-electron chi connectivity index (χ2n) is 5.27. The number of hydrazine groups is 1. The van der Waals surface area contributed by atoms with Crippen molar-refractivity contribution >= 4 is 0 Å². The third kappa shape index (κ3) is 3.71. The van der Waals surface area contributed by atoms with Gasteiger partial charge < -0.3 is 4.74 Å². The van der Waals surface area contributed by atoms with Gasteiger partial charge in [0.1, 0.15) is 0 Å². The second kappa shape index (κ2) is 6.93. The molecule has 7 nitrogen and oxygen atoms in total. The summed E-state index contributed by atoms with van der Waals surface area (Å²) in [5, 5.41) is 12.1. The SMILES string of the molecule is COC(C1CCCCC1)C(Cc1nnn(C)n1)NN. The van der Waals surface area contributed by atoms with Gasteiger partial charge in [-0.25, -0.2) is 0 Å². The van der Waals surface area contributed by atoms with E-state index in [-0.39, 0.29) is 12.1 Å². The van der Waals surface area contributed by atoms with Gasteiger partial charge in [-0.1, -0.05) is 19.3 Å². The molecular weight excluding hydrogens is 244 g/mol. The van der Waals surface area contributed by atoms with Crippen LogP contribution in [0.2, 0.25) is 0 Å². The van der Waals surface area contributed by atoms with Gasteiger partial charge in [0, 0.05) is 13.5 Å². The van der Waals surface area contributed by atoms with Gasteiger partial charge >= 0.3 is 0 Å². The number of hydrogen-bond acceptors (Lipinski definition) is 6. The molecule has 1 aromatic rings. The van der Waals surface area contributed by atoms with E-state index in [1.54, 1.807) is 14.2 Å². The Bertz CT molecular complexity index is 376. The first-order valence-electron chi connectivity index (χ1n) is 6.96. The predicted octanol–water partition coefficient (Wildman–Crippen LogP) is 0.180. The Labute approximate surface area is 113 Å². The van der Waals surface area contributed by atoms with Gasteiger partial charge in [-0.15, -0.1) is 10.2 Å². The normalized spacial score (nSPS) is 20.4. The van der Waals surface area contributed by atoms with Crippen LogP contribution in [0, 0.1) is 5.92 Å². The molecule has 1 fully saturated rings. The lowest BCUT2D eigenvalue weighted by Crippen LogP contribution is -2.50. The van der Waals surface area contributed by atoms with E-state index in [1.807, 2.05) is 0 Å². The summed E-state index contributed by atoms with van der Waals surface area (Å²) in [5.41, 5.74) is 2.87. The van der Waals surface area contributed by atoms with Crippen molar-refractivity contribution in [3.05, 3.63) is 5.82 Å². The molecule has 0 saturated heterocycles. The molecule has 1 heterocycles. The largest absolute Gasteiger partial charge is 0.379 e. The Kier molecular flexibility index (Phi) is 5.24. The third-order valence-electron chi connectivity index (χ3n) is 3.95. The van der Waals surface area contributed by atoms with Gasteiger partial charge in [0.2, 0.25) is 0 Å². The first kappa shape index (κ1) is 14.4. The van der Waals surface area contributed by atoms with Gasteiger partial charge in [0.05, 0.1) is 19.2 Å². The number of nitrogens with one attached hydrogen (secondary N) is 1. The van der Waals surface area contributed by atoms with Crippen LogP contribution in [0.15, 0.2) is 0 Å². The van der Waals surface area contributed by atoms with Crippen LogP contribution in [-0.4, -0.2) is 39.5 Å². The number of nitrogens with two attached hydrogens (primary N) is 1. The Morgan fingerprint density at radius 1 is 1.42 bits per heavy atom. The van der Waals surface area contributed by atoms with Crippen LogP contribution in [0.25, 0.3) is 0 Å². The molecule has 0 aliphatic heterocycles. The van der Waals surface area contributed by atoms with E-state index in [1.165, 1.54) is 36.9 Å². The van der Waals surface area contributed by atoms with Crippen molar-refractivity contribution in [2.45, 2.75) is 50.7 Å². The Morgan fingerprint density at radius 2 is 2.16 bits per heavy atom. The van der Waals surface area contributed by atoms with Crippen LogP contribution < -0.4 is 11.3 Å². The Balaban J connectivity index is 2.00. The molecule has 1 aliphatic rings. The van der Waals surface area contributed by atoms with Crippen molar-refractivity contribution in [3.63, 3.8) is 0 Å². The van der Waals surface area contributed by atoms with Gasteiger partial charge in [0.25, 0.3) is 0 Å². The van der Waals surface area contributed by atoms with Crippen LogP contribution in [0.5, 0.6) is 0 Å². The minimum absolute atomic E-state index is 0.0253. The molecule has 0 spiro atoms. The molecule has 2 unspecified atom stereocenters. The average Bonchev–Trinajstić information content (AvgIpc) is 2.85. The van der Waals surface area contributed by atoms with E-state index >= 15 is 0 Å². The monoisotopic (exact) mass is 268 g/mol. The number of tetrazole rings is 1. The summed E-state index contributed by atoms with van der Waals surface area (Å²) in [6, 6.07) is 0.0253. The molecule has 2 atom stereocenters. The zero-order valence-electron chi connectivity index (χ0n) is 11.7. The molecule has 7 heteroatoms. The van der Waals surface area contributed by atoms with Crippen molar-refractivity contribution in [3.8, 4) is 0 Å². The number of nitrogens with zero attached hydrogens (tertiary/aromatic N) is 4. The number of aromatic nitrogens is 4. The van der Waals surface area contributed by atoms with Crippen molar-refractivity contribution in [1.29, 1.82) is 0 Å². The first-order valence-corrected chi connectivity index (χ1v) is 6.96. The lowest BCUT2D eigenvalue weighted by molar-refractivity contribution is 0.00779. The molecule has 108 valence electrons. The molecular formula is C12H24N6O. The molecule has 1 aliphatic carbocycles. The zero-order valence-corrected chi connectivity index (χ0v) is 11.7. The highest BCUT2D eigenvalue weighted by atomic mass is 16.5. The zero-order chi connectivity index (χ0) is 13.7. The summed E-state index contributed by atoms with van der Waals surface area (Å²) in [6.07, 6.45) is 7.07. The average molecular weight is 268 g/mol. The van der Waals surface area contributed by atoms with Gasteiger partial charge in [0.15, 0.2) is 5.82 Å². The van der Waals surface area contributed by atoms with Crippen LogP contribution in [0.3, 0.4) is 0 Å². The van der Waals surface area contributed by atoms with Gasteiger partial charge in [-0.3, -0.25) is 11.3 Å². The van der Waals surface area contributed by atoms with E-state index < -0.39 is 0 Å². The molecule has 0 radical (unpaired) electrons. The lowest BCUT2D eigenvalue weighted by atomic mass is 9.82. The molecule has 1 saturated carbocycles. The maximum atomic E-state index is 5.70. The summed E-state index contributed by atoms with van der Waals surface area (Å²) in [7, 11) is 3.52. The van der Waals surface area contributed by atoms with Crippen molar-refractivity contribution in [2.75, 3.05) is 7.11 Å². The maximum absolute atomic E-state index is 5.70. The lowest BCUT2D eigenvalue weighted by Gasteiger charge is -2.34. The summed E-state index contributed by atoms with van der Waals surface area (Å²) in [4.78, 5) is 1.46. The van der Waals surface area contributed by atoms with E-state index in [2.05, 4.69) is 20.8 Å². The molecule has 19 heavy (non-hydrogen) atoms. The van der Waals surface area contributed by atoms with E-state index in [0.29, 0.717) is 18.2 Å². The van der Waals surface area contributed by atoms with Crippen LogP contribution in [-0.2, 0) is 18.2 Å². The number of aryl methyl sites for hydroxylation is 1. The smallest absolute Gasteiger partial charge is 0.176 e. The van der Waals surface area contributed by atoms with Gasteiger partial charge in [-0.05, 0) is 24.0 Å². The molecule has 3 N–H and O–H groups in total. The number of ether oxygens (including phenoxy) is 1. The maximum Gasteiger partial charge on any atom is 0.176 e. The summed E-state index contributed by atoms with van der Waals surface area (Å²) < 4.78 is 5.70. The minimum atomic E-state index is 0.0253. The molecule has 0 bridgehead atoms. The fourth-order valence-corrected chi connectivity index (χ4v) is 3.02. The topological polar surface area (TPSA) is 90.9 Å². The van der Waals surface area contributed by atoms with Crippen LogP contribution in [0.4, 0.5) is 0 Å². The highest BCUT2D eigenvalue weighted by Crippen LogP contribution is 2.29. The van der Waals surface area contributed by atoms with Crippen molar-refractivity contribution in [1.82, 2.24) is 25.6 Å². The third-order valence-corrected chi connectivity index (χ3v) is 3.95. The van der Waals surface area contributed by atoms with Crippen LogP contribution >= 0.6 is 0 Å². The van der Waals surface area contributed by atoms with Crippen molar-refractivity contribution in [2.24, 2.45) is 18.8 Å². The van der Waals surface area contributed by atoms with Gasteiger partial charge in [-0.2, -0.15) is 4.80 Å². The quantitative estimate of drug-likeness (QED) is 0.565. The summed E-state index contributed by atoms with van der Waals surface area (Å²) in [5.74, 6) is 6.96. The fraction of sp³-hybridized carbons (Fsp3) is 0.917. The molecule has 0 amide bonds. The Morgan fingerprint density at radius 3 is 2.68 bits per heavy atom. The van der Waals surface area contributed by atoms with E-state index in [4.69, 9.17) is 10.6 Å². The highest BCUT2D eigenvalue weighted by molar-refractivity contribution is 4.91. The predicted molar refractivity (Wildman–Crippen MR) is 71.0 cm³/mol. The van der Waals surface area contributed by atoms with E-state index in [0.717, 1.165) is 0 Å². The highest BCUT2D eigenvalue weighted by Gasteiger charge is 2.31. The minimum Gasteiger partial charge on any atom is -0.379 e. The number of methoxy groups -OCH3 is 1. The Hall–Kier alpha value is -1.05. The van der Waals surface area contributed by atoms with E-state index in [9.17, 15) is 0 Å². The summed E-state index contributed by atoms with van der Waals surface area (Å²) in [6.45, 7) is 0. The summed E-state index contributed by atoms with van der Waals surface area (Å²) >= 11 is 0. The standard InChI is InChI=1S/C12H24N6O/c1-18-16-11(15-17-18)8-10(14-13)12(19-2)9-6-4-3-5-7-9/h9-10,12,14H,3-8,13H2,1-2H3. The van der Waals surface area contributed by atoms with Crippen LogP contribution in [0.1, 0.15) is 37.9 Å². The number of rotatable bonds is 6.